The second kappa shape index (κ2) is 6.45. The molecule has 8 nitrogen and oxygen atoms in total. The Morgan fingerprint density at radius 3 is 2.92 bits per heavy atom. The van der Waals surface area contributed by atoms with Crippen molar-refractivity contribution >= 4 is 23.2 Å². The lowest BCUT2D eigenvalue weighted by molar-refractivity contribution is 0.0867. The summed E-state index contributed by atoms with van der Waals surface area (Å²) in [5.41, 5.74) is 0.543. The second-order valence-electron chi connectivity index (χ2n) is 6.26. The largest absolute Gasteiger partial charge is 0.391 e. The Morgan fingerprint density at radius 2 is 2.16 bits per heavy atom. The highest BCUT2D eigenvalue weighted by Gasteiger charge is 2.35. The third-order valence-electron chi connectivity index (χ3n) is 4.50. The first-order valence-electron chi connectivity index (χ1n) is 8.07. The van der Waals surface area contributed by atoms with Crippen molar-refractivity contribution in [3.63, 3.8) is 0 Å². The molecule has 1 unspecified atom stereocenters. The van der Waals surface area contributed by atoms with Crippen LogP contribution in [-0.4, -0.2) is 47.5 Å². The maximum atomic E-state index is 12.5. The van der Waals surface area contributed by atoms with E-state index in [0.717, 1.165) is 6.54 Å². The number of carbonyl (C=O) groups excluding carboxylic acids is 1. The van der Waals surface area contributed by atoms with E-state index in [1.165, 1.54) is 4.52 Å². The molecule has 130 valence electrons. The fourth-order valence-corrected chi connectivity index (χ4v) is 3.60. The minimum Gasteiger partial charge on any atom is -0.391 e. The van der Waals surface area contributed by atoms with Crippen LogP contribution in [-0.2, 0) is 6.54 Å². The minimum absolute atomic E-state index is 0.114. The molecule has 3 atom stereocenters. The molecule has 1 aliphatic carbocycles. The van der Waals surface area contributed by atoms with Crippen molar-refractivity contribution in [3.05, 3.63) is 47.6 Å². The average Bonchev–Trinajstić information content (AvgIpc) is 3.30. The Morgan fingerprint density at radius 1 is 1.32 bits per heavy atom. The van der Waals surface area contributed by atoms with Gasteiger partial charge in [-0.2, -0.15) is 10.2 Å². The molecule has 0 bridgehead atoms. The lowest BCUT2D eigenvalue weighted by Gasteiger charge is -2.15. The number of hydrogen-bond donors (Lipinski definition) is 2. The first-order chi connectivity index (χ1) is 12.1. The van der Waals surface area contributed by atoms with Gasteiger partial charge in [0.15, 0.2) is 11.3 Å². The number of aliphatic hydroxyl groups is 1. The van der Waals surface area contributed by atoms with Crippen molar-refractivity contribution < 1.29 is 9.90 Å². The van der Waals surface area contributed by atoms with Gasteiger partial charge in [-0.3, -0.25) is 9.48 Å². The first-order valence-corrected chi connectivity index (χ1v) is 8.45. The molecule has 1 fully saturated rings. The van der Waals surface area contributed by atoms with E-state index >= 15 is 0 Å². The molecule has 3 aromatic heterocycles. The molecule has 1 saturated carbocycles. The van der Waals surface area contributed by atoms with Crippen molar-refractivity contribution in [1.82, 2.24) is 29.7 Å². The lowest BCUT2D eigenvalue weighted by Crippen LogP contribution is -2.40. The van der Waals surface area contributed by atoms with Crippen LogP contribution in [0.25, 0.3) is 5.65 Å². The van der Waals surface area contributed by atoms with Gasteiger partial charge >= 0.3 is 0 Å². The summed E-state index contributed by atoms with van der Waals surface area (Å²) in [5.74, 6) is -0.155. The summed E-state index contributed by atoms with van der Waals surface area (Å²) in [6, 6.07) is 3.24. The zero-order valence-corrected chi connectivity index (χ0v) is 14.0. The van der Waals surface area contributed by atoms with Gasteiger partial charge in [-0.15, -0.1) is 0 Å². The highest BCUT2D eigenvalue weighted by atomic mass is 35.5. The van der Waals surface area contributed by atoms with Crippen LogP contribution in [0.3, 0.4) is 0 Å². The molecule has 0 aliphatic heterocycles. The molecule has 25 heavy (non-hydrogen) atoms. The number of amides is 1. The summed E-state index contributed by atoms with van der Waals surface area (Å²) in [4.78, 5) is 16.6. The van der Waals surface area contributed by atoms with E-state index in [4.69, 9.17) is 11.6 Å². The number of aliphatic hydroxyl groups excluding tert-OH is 1. The highest BCUT2D eigenvalue weighted by Crippen LogP contribution is 2.28. The number of nitrogens with one attached hydrogen (secondary N) is 1. The van der Waals surface area contributed by atoms with Crippen LogP contribution in [0.2, 0.25) is 5.02 Å². The Labute approximate surface area is 148 Å². The molecule has 2 N–H and O–H groups in total. The first kappa shape index (κ1) is 16.0. The van der Waals surface area contributed by atoms with E-state index < -0.39 is 12.0 Å². The number of fused-ring (bicyclic) bond motifs is 1. The molecule has 1 aliphatic rings. The molecular formula is C16H17ClN6O2. The van der Waals surface area contributed by atoms with Gasteiger partial charge in [0.05, 0.1) is 12.1 Å². The molecule has 0 saturated heterocycles. The summed E-state index contributed by atoms with van der Waals surface area (Å²) in [7, 11) is 0. The smallest absolute Gasteiger partial charge is 0.273 e. The van der Waals surface area contributed by atoms with Crippen molar-refractivity contribution in [3.8, 4) is 0 Å². The van der Waals surface area contributed by atoms with Crippen molar-refractivity contribution in [2.45, 2.75) is 31.5 Å². The zero-order chi connectivity index (χ0) is 17.4. The van der Waals surface area contributed by atoms with Gasteiger partial charge < -0.3 is 10.4 Å². The van der Waals surface area contributed by atoms with Gasteiger partial charge in [0.25, 0.3) is 5.91 Å². The Hall–Kier alpha value is -2.45. The van der Waals surface area contributed by atoms with E-state index in [9.17, 15) is 9.90 Å². The number of rotatable bonds is 4. The molecule has 0 radical (unpaired) electrons. The Kier molecular flexibility index (Phi) is 4.14. The topological polar surface area (TPSA) is 97.3 Å². The van der Waals surface area contributed by atoms with E-state index in [1.807, 2.05) is 16.9 Å². The molecule has 4 rings (SSSR count). The maximum Gasteiger partial charge on any atom is 0.273 e. The molecule has 3 aromatic rings. The lowest BCUT2D eigenvalue weighted by atomic mass is 10.1. The Balaban J connectivity index is 1.45. The summed E-state index contributed by atoms with van der Waals surface area (Å²) in [6.45, 7) is 0.718. The molecule has 1 amide bonds. The van der Waals surface area contributed by atoms with Crippen LogP contribution in [0.15, 0.2) is 36.9 Å². The second-order valence-corrected chi connectivity index (χ2v) is 6.64. The van der Waals surface area contributed by atoms with Crippen molar-refractivity contribution in [2.75, 3.05) is 0 Å². The van der Waals surface area contributed by atoms with Crippen LogP contribution < -0.4 is 5.32 Å². The van der Waals surface area contributed by atoms with Crippen LogP contribution in [0.5, 0.6) is 0 Å². The molecule has 0 aromatic carbocycles. The number of hydrogen-bond acceptors (Lipinski definition) is 5. The average molecular weight is 361 g/mol. The van der Waals surface area contributed by atoms with Crippen molar-refractivity contribution in [1.29, 1.82) is 0 Å². The van der Waals surface area contributed by atoms with E-state index in [1.54, 1.807) is 24.7 Å². The van der Waals surface area contributed by atoms with E-state index in [-0.39, 0.29) is 22.7 Å². The number of nitrogens with zero attached hydrogens (tertiary/aromatic N) is 5. The predicted octanol–water partition coefficient (Wildman–Crippen LogP) is 1.15. The van der Waals surface area contributed by atoms with Crippen molar-refractivity contribution in [2.24, 2.45) is 5.92 Å². The maximum absolute atomic E-state index is 12.5. The standard InChI is InChI=1S/C16H17ClN6O2/c17-13-14(21-23-6-1-3-18-15(13)23)16(25)20-11-7-10(8-12(11)24)9-22-5-2-4-19-22/h1-6,10-12,24H,7-9H2,(H,20,25)/t10?,11-,12-/m1/s1. The zero-order valence-electron chi connectivity index (χ0n) is 13.3. The van der Waals surface area contributed by atoms with E-state index in [0.29, 0.717) is 18.5 Å². The van der Waals surface area contributed by atoms with Gasteiger partial charge in [-0.25, -0.2) is 9.50 Å². The third kappa shape index (κ3) is 3.10. The van der Waals surface area contributed by atoms with Gasteiger partial charge in [-0.1, -0.05) is 11.6 Å². The minimum atomic E-state index is -0.599. The number of halogens is 1. The van der Waals surface area contributed by atoms with Crippen LogP contribution in [0.4, 0.5) is 0 Å². The summed E-state index contributed by atoms with van der Waals surface area (Å²) >= 11 is 6.22. The summed E-state index contributed by atoms with van der Waals surface area (Å²) in [6.07, 6.45) is 7.58. The van der Waals surface area contributed by atoms with Gasteiger partial charge in [0, 0.05) is 31.3 Å². The molecule has 9 heteroatoms. The van der Waals surface area contributed by atoms with Crippen LogP contribution in [0.1, 0.15) is 23.3 Å². The van der Waals surface area contributed by atoms with Crippen LogP contribution >= 0.6 is 11.6 Å². The number of carbonyl (C=O) groups is 1. The monoisotopic (exact) mass is 360 g/mol. The van der Waals surface area contributed by atoms with Crippen LogP contribution in [0, 0.1) is 5.92 Å². The summed E-state index contributed by atoms with van der Waals surface area (Å²) in [5, 5.41) is 21.7. The quantitative estimate of drug-likeness (QED) is 0.727. The fraction of sp³-hybridized carbons (Fsp3) is 0.375. The molecular weight excluding hydrogens is 344 g/mol. The molecule has 3 heterocycles. The SMILES string of the molecule is O=C(N[C@@H]1CC(Cn2cccn2)C[C@H]1O)c1nn2cccnc2c1Cl. The van der Waals surface area contributed by atoms with E-state index in [2.05, 4.69) is 20.5 Å². The Bertz CT molecular complexity index is 893. The van der Waals surface area contributed by atoms with Gasteiger partial charge in [0.2, 0.25) is 0 Å². The molecule has 0 spiro atoms. The summed E-state index contributed by atoms with van der Waals surface area (Å²) < 4.78 is 3.30. The van der Waals surface area contributed by atoms with Gasteiger partial charge in [0.1, 0.15) is 5.02 Å². The fourth-order valence-electron chi connectivity index (χ4n) is 3.34. The third-order valence-corrected chi connectivity index (χ3v) is 4.85. The predicted molar refractivity (Wildman–Crippen MR) is 90.2 cm³/mol. The normalized spacial score (nSPS) is 23.2. The van der Waals surface area contributed by atoms with Gasteiger partial charge in [-0.05, 0) is 30.9 Å². The number of aromatic nitrogens is 5. The highest BCUT2D eigenvalue weighted by molar-refractivity contribution is 6.36.